The Hall–Kier alpha value is -3.43. The van der Waals surface area contributed by atoms with E-state index < -0.39 is 11.8 Å². The monoisotopic (exact) mass is 415 g/mol. The maximum absolute atomic E-state index is 13.9. The average Bonchev–Trinajstić information content (AvgIpc) is 3.15. The summed E-state index contributed by atoms with van der Waals surface area (Å²) in [7, 11) is 1.49. The van der Waals surface area contributed by atoms with E-state index in [9.17, 15) is 9.18 Å². The van der Waals surface area contributed by atoms with Gasteiger partial charge in [0.05, 0.1) is 44.4 Å². The van der Waals surface area contributed by atoms with Crippen LogP contribution in [0.2, 0.25) is 0 Å². The van der Waals surface area contributed by atoms with E-state index in [2.05, 4.69) is 15.1 Å². The number of pyridine rings is 1. The van der Waals surface area contributed by atoms with Crippen molar-refractivity contribution in [1.82, 2.24) is 19.6 Å². The summed E-state index contributed by atoms with van der Waals surface area (Å²) >= 11 is 0. The summed E-state index contributed by atoms with van der Waals surface area (Å²) in [5, 5.41) is 4.19. The molecule has 0 spiro atoms. The molecule has 4 rings (SSSR count). The van der Waals surface area contributed by atoms with Gasteiger partial charge in [-0.15, -0.1) is 0 Å². The smallest absolute Gasteiger partial charge is 0.343 e. The molecule has 30 heavy (non-hydrogen) atoms. The molecule has 0 aromatic carbocycles. The van der Waals surface area contributed by atoms with Crippen LogP contribution in [-0.4, -0.2) is 51.9 Å². The molecular weight excluding hydrogens is 393 g/mol. The minimum atomic E-state index is -0.500. The molecule has 4 heterocycles. The van der Waals surface area contributed by atoms with E-state index in [1.807, 2.05) is 18.7 Å². The summed E-state index contributed by atoms with van der Waals surface area (Å²) < 4.78 is 31.7. The lowest BCUT2D eigenvalue weighted by molar-refractivity contribution is 0.0528. The topological polar surface area (TPSA) is 91.1 Å². The fraction of sp³-hybridized carbons (Fsp3) is 0.400. The van der Waals surface area contributed by atoms with E-state index in [-0.39, 0.29) is 24.3 Å². The van der Waals surface area contributed by atoms with Crippen LogP contribution in [0.5, 0.6) is 11.6 Å². The van der Waals surface area contributed by atoms with Gasteiger partial charge in [-0.3, -0.25) is 0 Å². The highest BCUT2D eigenvalue weighted by Crippen LogP contribution is 2.40. The summed E-state index contributed by atoms with van der Waals surface area (Å²) in [6, 6.07) is 0.994. The lowest BCUT2D eigenvalue weighted by atomic mass is 10.1. The molecule has 0 aliphatic carbocycles. The van der Waals surface area contributed by atoms with Gasteiger partial charge in [-0.1, -0.05) is 0 Å². The fourth-order valence-corrected chi connectivity index (χ4v) is 3.65. The number of anilines is 1. The molecule has 10 heteroatoms. The second-order valence-electron chi connectivity index (χ2n) is 6.97. The SMILES string of the molecule is CCOC(=O)c1cnn2cc3c(nc12)N(C(C)c1cc(F)cnc1OC)[C@H](C)CO3. The molecule has 0 saturated carbocycles. The van der Waals surface area contributed by atoms with Crippen LogP contribution in [0.3, 0.4) is 0 Å². The third-order valence-corrected chi connectivity index (χ3v) is 5.04. The number of aromatic nitrogens is 4. The molecule has 3 aromatic rings. The largest absolute Gasteiger partial charge is 0.486 e. The zero-order valence-electron chi connectivity index (χ0n) is 17.1. The Morgan fingerprint density at radius 1 is 1.43 bits per heavy atom. The molecule has 2 atom stereocenters. The molecular formula is C20H22FN5O4. The first-order valence-corrected chi connectivity index (χ1v) is 9.60. The van der Waals surface area contributed by atoms with Crippen LogP contribution in [0.15, 0.2) is 24.7 Å². The van der Waals surface area contributed by atoms with Crippen molar-refractivity contribution in [3.63, 3.8) is 0 Å². The van der Waals surface area contributed by atoms with Crippen molar-refractivity contribution in [2.75, 3.05) is 25.2 Å². The number of ether oxygens (including phenoxy) is 3. The van der Waals surface area contributed by atoms with E-state index in [0.717, 1.165) is 6.20 Å². The van der Waals surface area contributed by atoms with Crippen molar-refractivity contribution in [2.24, 2.45) is 0 Å². The Morgan fingerprint density at radius 3 is 2.97 bits per heavy atom. The number of nitrogens with zero attached hydrogens (tertiary/aromatic N) is 5. The second-order valence-corrected chi connectivity index (χ2v) is 6.97. The highest BCUT2D eigenvalue weighted by atomic mass is 19.1. The van der Waals surface area contributed by atoms with Gasteiger partial charge >= 0.3 is 5.97 Å². The maximum atomic E-state index is 13.9. The van der Waals surface area contributed by atoms with Gasteiger partial charge in [-0.25, -0.2) is 23.7 Å². The molecule has 9 nitrogen and oxygen atoms in total. The normalized spacial score (nSPS) is 16.7. The zero-order chi connectivity index (χ0) is 21.4. The lowest BCUT2D eigenvalue weighted by Crippen LogP contribution is -2.43. The van der Waals surface area contributed by atoms with Crippen LogP contribution in [0.1, 0.15) is 42.7 Å². The predicted molar refractivity (Wildman–Crippen MR) is 106 cm³/mol. The van der Waals surface area contributed by atoms with Crippen LogP contribution >= 0.6 is 0 Å². The Labute approximate surface area is 172 Å². The fourth-order valence-electron chi connectivity index (χ4n) is 3.65. The highest BCUT2D eigenvalue weighted by Gasteiger charge is 2.33. The van der Waals surface area contributed by atoms with Gasteiger partial charge in [0, 0.05) is 5.56 Å². The molecule has 1 aliphatic rings. The number of carbonyl (C=O) groups excluding carboxylic acids is 1. The number of hydrogen-bond acceptors (Lipinski definition) is 8. The number of halogens is 1. The first kappa shape index (κ1) is 19.9. The molecule has 1 aliphatic heterocycles. The zero-order valence-corrected chi connectivity index (χ0v) is 17.1. The minimum Gasteiger partial charge on any atom is -0.486 e. The maximum Gasteiger partial charge on any atom is 0.343 e. The second kappa shape index (κ2) is 7.77. The Morgan fingerprint density at radius 2 is 2.23 bits per heavy atom. The molecule has 0 radical (unpaired) electrons. The van der Waals surface area contributed by atoms with E-state index in [4.69, 9.17) is 14.2 Å². The standard InChI is InChI=1S/C20H22FN5O4/c1-5-29-20(27)15-8-23-25-9-16-18(24-17(15)25)26(11(2)10-30-16)12(3)14-6-13(21)7-22-19(14)28-4/h6-9,11-12H,5,10H2,1-4H3/t11-,12?/m1/s1. The number of esters is 1. The number of hydrogen-bond donors (Lipinski definition) is 0. The Bertz CT molecular complexity index is 1100. The van der Waals surface area contributed by atoms with Gasteiger partial charge in [-0.05, 0) is 26.8 Å². The van der Waals surface area contributed by atoms with E-state index in [1.54, 1.807) is 13.1 Å². The van der Waals surface area contributed by atoms with Crippen molar-refractivity contribution in [3.8, 4) is 11.6 Å². The number of methoxy groups -OCH3 is 1. The first-order valence-electron chi connectivity index (χ1n) is 9.60. The van der Waals surface area contributed by atoms with Crippen LogP contribution < -0.4 is 14.4 Å². The quantitative estimate of drug-likeness (QED) is 0.588. The van der Waals surface area contributed by atoms with Gasteiger partial charge < -0.3 is 19.1 Å². The summed E-state index contributed by atoms with van der Waals surface area (Å²) in [6.07, 6.45) is 4.21. The molecule has 0 saturated heterocycles. The van der Waals surface area contributed by atoms with E-state index >= 15 is 0 Å². The lowest BCUT2D eigenvalue weighted by Gasteiger charge is -2.40. The predicted octanol–water partition coefficient (Wildman–Crippen LogP) is 2.80. The van der Waals surface area contributed by atoms with Crippen molar-refractivity contribution in [1.29, 1.82) is 0 Å². The molecule has 158 valence electrons. The van der Waals surface area contributed by atoms with Gasteiger partial charge in [-0.2, -0.15) is 5.10 Å². The van der Waals surface area contributed by atoms with Crippen molar-refractivity contribution < 1.29 is 23.4 Å². The number of fused-ring (bicyclic) bond motifs is 2. The van der Waals surface area contributed by atoms with Crippen LogP contribution in [-0.2, 0) is 4.74 Å². The minimum absolute atomic E-state index is 0.0793. The summed E-state index contributed by atoms with van der Waals surface area (Å²) in [4.78, 5) is 23.0. The van der Waals surface area contributed by atoms with Crippen molar-refractivity contribution >= 4 is 17.4 Å². The van der Waals surface area contributed by atoms with Crippen LogP contribution in [0.4, 0.5) is 10.2 Å². The number of carbonyl (C=O) groups is 1. The highest BCUT2D eigenvalue weighted by molar-refractivity contribution is 5.96. The summed E-state index contributed by atoms with van der Waals surface area (Å²) in [6.45, 7) is 6.28. The van der Waals surface area contributed by atoms with Gasteiger partial charge in [0.1, 0.15) is 18.0 Å². The van der Waals surface area contributed by atoms with Gasteiger partial charge in [0.25, 0.3) is 0 Å². The van der Waals surface area contributed by atoms with E-state index in [0.29, 0.717) is 35.3 Å². The first-order chi connectivity index (χ1) is 14.4. The van der Waals surface area contributed by atoms with Crippen LogP contribution in [0, 0.1) is 5.82 Å². The molecule has 0 N–H and O–H groups in total. The Balaban J connectivity index is 1.83. The van der Waals surface area contributed by atoms with Gasteiger partial charge in [0.2, 0.25) is 5.88 Å². The summed E-state index contributed by atoms with van der Waals surface area (Å²) in [5.41, 5.74) is 1.19. The third-order valence-electron chi connectivity index (χ3n) is 5.04. The molecule has 0 bridgehead atoms. The summed E-state index contributed by atoms with van der Waals surface area (Å²) in [5.74, 6) is 0.407. The average molecular weight is 415 g/mol. The van der Waals surface area contributed by atoms with Crippen molar-refractivity contribution in [2.45, 2.75) is 32.9 Å². The molecule has 0 fully saturated rings. The van der Waals surface area contributed by atoms with Crippen LogP contribution in [0.25, 0.3) is 5.65 Å². The molecule has 3 aromatic heterocycles. The number of rotatable bonds is 5. The molecule has 0 amide bonds. The molecule has 1 unspecified atom stereocenters. The van der Waals surface area contributed by atoms with Gasteiger partial charge in [0.15, 0.2) is 17.2 Å². The van der Waals surface area contributed by atoms with Crippen molar-refractivity contribution in [3.05, 3.63) is 41.6 Å². The Kier molecular flexibility index (Phi) is 5.15. The third kappa shape index (κ3) is 3.27. The van der Waals surface area contributed by atoms with E-state index in [1.165, 1.54) is 23.9 Å².